The zero-order valence-electron chi connectivity index (χ0n) is 17.4. The molecule has 0 unspecified atom stereocenters. The molecule has 152 valence electrons. The standard InChI is InChI=1S/C25H24N2O2S/c1-17-7-6-8-20(15-17)29-13-14-30-25-26-22-10-5-4-9-21(22)24(28)27(25)23-16-18(2)11-12-19(23)3/h4-12,15-16H,13-14H2,1-3H3. The van der Waals surface area contributed by atoms with E-state index in [9.17, 15) is 4.79 Å². The number of aryl methyl sites for hydroxylation is 3. The summed E-state index contributed by atoms with van der Waals surface area (Å²) in [6, 6.07) is 21.7. The molecule has 4 nitrogen and oxygen atoms in total. The molecule has 4 aromatic rings. The average molecular weight is 417 g/mol. The van der Waals surface area contributed by atoms with Gasteiger partial charge in [-0.3, -0.25) is 9.36 Å². The van der Waals surface area contributed by atoms with Gasteiger partial charge in [-0.1, -0.05) is 48.2 Å². The highest BCUT2D eigenvalue weighted by Gasteiger charge is 2.15. The Morgan fingerprint density at radius 2 is 1.73 bits per heavy atom. The van der Waals surface area contributed by atoms with Gasteiger partial charge in [0.05, 0.1) is 23.2 Å². The van der Waals surface area contributed by atoms with Crippen molar-refractivity contribution in [2.75, 3.05) is 12.4 Å². The Morgan fingerprint density at radius 3 is 2.57 bits per heavy atom. The lowest BCUT2D eigenvalue weighted by molar-refractivity contribution is 0.343. The molecule has 0 aliphatic heterocycles. The van der Waals surface area contributed by atoms with E-state index >= 15 is 0 Å². The summed E-state index contributed by atoms with van der Waals surface area (Å²) in [5.41, 5.74) is 4.86. The van der Waals surface area contributed by atoms with Crippen LogP contribution in [0.1, 0.15) is 16.7 Å². The number of rotatable bonds is 6. The molecule has 0 atom stereocenters. The second-order valence-corrected chi connectivity index (χ2v) is 8.42. The van der Waals surface area contributed by atoms with Gasteiger partial charge in [-0.2, -0.15) is 0 Å². The number of nitrogens with zero attached hydrogens (tertiary/aromatic N) is 2. The number of thioether (sulfide) groups is 1. The summed E-state index contributed by atoms with van der Waals surface area (Å²) >= 11 is 1.54. The Labute approximate surface area is 180 Å². The molecule has 0 aliphatic carbocycles. The van der Waals surface area contributed by atoms with Crippen LogP contribution in [0.15, 0.2) is 76.7 Å². The smallest absolute Gasteiger partial charge is 0.266 e. The molecular formula is C25H24N2O2S. The summed E-state index contributed by atoms with van der Waals surface area (Å²) in [4.78, 5) is 18.2. The van der Waals surface area contributed by atoms with Gasteiger partial charge in [0.2, 0.25) is 0 Å². The second-order valence-electron chi connectivity index (χ2n) is 7.36. The summed E-state index contributed by atoms with van der Waals surface area (Å²) in [5, 5.41) is 1.30. The molecule has 0 fully saturated rings. The molecular weight excluding hydrogens is 392 g/mol. The first kappa shape index (κ1) is 20.2. The third-order valence-electron chi connectivity index (χ3n) is 4.92. The first-order valence-corrected chi connectivity index (χ1v) is 10.9. The van der Waals surface area contributed by atoms with Crippen LogP contribution in [0.5, 0.6) is 5.75 Å². The van der Waals surface area contributed by atoms with E-state index in [-0.39, 0.29) is 5.56 Å². The van der Waals surface area contributed by atoms with Crippen molar-refractivity contribution in [1.29, 1.82) is 0 Å². The Kier molecular flexibility index (Phi) is 5.91. The molecule has 0 bridgehead atoms. The minimum absolute atomic E-state index is 0.0450. The van der Waals surface area contributed by atoms with E-state index in [0.29, 0.717) is 28.4 Å². The van der Waals surface area contributed by atoms with Crippen LogP contribution in [0.4, 0.5) is 0 Å². The van der Waals surface area contributed by atoms with Crippen molar-refractivity contribution in [2.45, 2.75) is 25.9 Å². The van der Waals surface area contributed by atoms with Crippen molar-refractivity contribution < 1.29 is 4.74 Å². The van der Waals surface area contributed by atoms with E-state index in [1.165, 1.54) is 17.3 Å². The fraction of sp³-hybridized carbons (Fsp3) is 0.200. The first-order valence-electron chi connectivity index (χ1n) is 9.94. The van der Waals surface area contributed by atoms with Crippen molar-refractivity contribution in [3.05, 3.63) is 93.8 Å². The van der Waals surface area contributed by atoms with Crippen LogP contribution in [-0.2, 0) is 0 Å². The van der Waals surface area contributed by atoms with Crippen molar-refractivity contribution in [2.24, 2.45) is 0 Å². The van der Waals surface area contributed by atoms with Gasteiger partial charge < -0.3 is 4.74 Å². The fourth-order valence-electron chi connectivity index (χ4n) is 3.38. The SMILES string of the molecule is Cc1cccc(OCCSc2nc3ccccc3c(=O)n2-c2cc(C)ccc2C)c1. The van der Waals surface area contributed by atoms with E-state index in [1.54, 1.807) is 4.57 Å². The maximum atomic E-state index is 13.4. The van der Waals surface area contributed by atoms with E-state index in [2.05, 4.69) is 6.07 Å². The molecule has 0 saturated carbocycles. The molecule has 4 rings (SSSR count). The van der Waals surface area contributed by atoms with Crippen LogP contribution in [-0.4, -0.2) is 21.9 Å². The number of fused-ring (bicyclic) bond motifs is 1. The van der Waals surface area contributed by atoms with Crippen LogP contribution < -0.4 is 10.3 Å². The van der Waals surface area contributed by atoms with Gasteiger partial charge in [-0.05, 0) is 67.8 Å². The maximum absolute atomic E-state index is 13.4. The highest BCUT2D eigenvalue weighted by atomic mass is 32.2. The second kappa shape index (κ2) is 8.76. The molecule has 0 saturated heterocycles. The molecule has 0 N–H and O–H groups in total. The van der Waals surface area contributed by atoms with Gasteiger partial charge in [0.1, 0.15) is 5.75 Å². The first-order chi connectivity index (χ1) is 14.5. The topological polar surface area (TPSA) is 44.1 Å². The number of ether oxygens (including phenoxy) is 1. The summed E-state index contributed by atoms with van der Waals surface area (Å²) in [5.74, 6) is 1.54. The largest absolute Gasteiger partial charge is 0.493 e. The molecule has 3 aromatic carbocycles. The normalized spacial score (nSPS) is 11.0. The van der Waals surface area contributed by atoms with Crippen LogP contribution >= 0.6 is 11.8 Å². The molecule has 0 spiro atoms. The Balaban J connectivity index is 1.67. The van der Waals surface area contributed by atoms with E-state index in [4.69, 9.17) is 9.72 Å². The summed E-state index contributed by atoms with van der Waals surface area (Å²) in [6.07, 6.45) is 0. The van der Waals surface area contributed by atoms with Gasteiger partial charge in [-0.15, -0.1) is 0 Å². The molecule has 0 radical (unpaired) electrons. The van der Waals surface area contributed by atoms with Gasteiger partial charge in [0.15, 0.2) is 5.16 Å². The Hall–Kier alpha value is -3.05. The average Bonchev–Trinajstić information content (AvgIpc) is 2.74. The van der Waals surface area contributed by atoms with Crippen molar-refractivity contribution in [3.8, 4) is 11.4 Å². The third-order valence-corrected chi connectivity index (χ3v) is 5.83. The lowest BCUT2D eigenvalue weighted by Crippen LogP contribution is -2.23. The maximum Gasteiger partial charge on any atom is 0.266 e. The Bertz CT molecular complexity index is 1260. The minimum atomic E-state index is -0.0450. The molecule has 0 amide bonds. The van der Waals surface area contributed by atoms with Crippen LogP contribution in [0.25, 0.3) is 16.6 Å². The third kappa shape index (κ3) is 4.26. The minimum Gasteiger partial charge on any atom is -0.493 e. The van der Waals surface area contributed by atoms with Gasteiger partial charge in [-0.25, -0.2) is 4.98 Å². The van der Waals surface area contributed by atoms with Crippen molar-refractivity contribution >= 4 is 22.7 Å². The number of hydrogen-bond acceptors (Lipinski definition) is 4. The van der Waals surface area contributed by atoms with Gasteiger partial charge >= 0.3 is 0 Å². The summed E-state index contributed by atoms with van der Waals surface area (Å²) in [6.45, 7) is 6.63. The number of aromatic nitrogens is 2. The predicted octanol–water partition coefficient (Wildman–Crippen LogP) is 5.48. The monoisotopic (exact) mass is 416 g/mol. The van der Waals surface area contributed by atoms with Gasteiger partial charge in [0.25, 0.3) is 5.56 Å². The van der Waals surface area contributed by atoms with E-state index in [1.807, 2.05) is 81.4 Å². The summed E-state index contributed by atoms with van der Waals surface area (Å²) < 4.78 is 7.62. The van der Waals surface area contributed by atoms with E-state index < -0.39 is 0 Å². The van der Waals surface area contributed by atoms with E-state index in [0.717, 1.165) is 22.6 Å². The van der Waals surface area contributed by atoms with Crippen LogP contribution in [0.2, 0.25) is 0 Å². The predicted molar refractivity (Wildman–Crippen MR) is 124 cm³/mol. The summed E-state index contributed by atoms with van der Waals surface area (Å²) in [7, 11) is 0. The van der Waals surface area contributed by atoms with Crippen LogP contribution in [0.3, 0.4) is 0 Å². The zero-order chi connectivity index (χ0) is 21.1. The van der Waals surface area contributed by atoms with Gasteiger partial charge in [0, 0.05) is 5.75 Å². The number of benzene rings is 3. The van der Waals surface area contributed by atoms with Crippen LogP contribution in [0, 0.1) is 20.8 Å². The lowest BCUT2D eigenvalue weighted by atomic mass is 10.1. The van der Waals surface area contributed by atoms with Crippen molar-refractivity contribution in [1.82, 2.24) is 9.55 Å². The molecule has 5 heteroatoms. The molecule has 1 aromatic heterocycles. The quantitative estimate of drug-likeness (QED) is 0.237. The highest BCUT2D eigenvalue weighted by Crippen LogP contribution is 2.24. The van der Waals surface area contributed by atoms with Crippen molar-refractivity contribution in [3.63, 3.8) is 0 Å². The fourth-order valence-corrected chi connectivity index (χ4v) is 4.20. The Morgan fingerprint density at radius 1 is 0.933 bits per heavy atom. The highest BCUT2D eigenvalue weighted by molar-refractivity contribution is 7.99. The molecule has 1 heterocycles. The number of para-hydroxylation sites is 1. The molecule has 0 aliphatic rings. The molecule has 30 heavy (non-hydrogen) atoms. The number of hydrogen-bond donors (Lipinski definition) is 0. The zero-order valence-corrected chi connectivity index (χ0v) is 18.2. The lowest BCUT2D eigenvalue weighted by Gasteiger charge is -2.16.